The third kappa shape index (κ3) is 3.15. The molecule has 0 aromatic heterocycles. The van der Waals surface area contributed by atoms with Gasteiger partial charge in [-0.2, -0.15) is 0 Å². The zero-order chi connectivity index (χ0) is 13.2. The van der Waals surface area contributed by atoms with Gasteiger partial charge in [-0.05, 0) is 80.8 Å². The Kier molecular flexibility index (Phi) is 6.66. The first-order valence-corrected chi connectivity index (χ1v) is 6.35. The Morgan fingerprint density at radius 3 is 1.72 bits per heavy atom. The topological polar surface area (TPSA) is 26.0 Å². The van der Waals surface area contributed by atoms with Gasteiger partial charge in [0.1, 0.15) is 0 Å². The maximum atomic E-state index is 6.32. The smallest absolute Gasteiger partial charge is 0.0303 e. The molecule has 2 N–H and O–H groups in total. The van der Waals surface area contributed by atoms with Gasteiger partial charge in [-0.25, -0.2) is 0 Å². The maximum absolute atomic E-state index is 6.32. The Labute approximate surface area is 118 Å². The van der Waals surface area contributed by atoms with Gasteiger partial charge >= 0.3 is 0 Å². The summed E-state index contributed by atoms with van der Waals surface area (Å²) in [6, 6.07) is 0.131. The fourth-order valence-electron chi connectivity index (χ4n) is 2.53. The van der Waals surface area contributed by atoms with Gasteiger partial charge in [0.25, 0.3) is 0 Å². The SMILES string of the molecule is C=CCC[C@@H](N)c1c(C)c(C)c(C)c(C)c1C.Cl. The Hall–Kier alpha value is -0.790. The summed E-state index contributed by atoms with van der Waals surface area (Å²) in [6.45, 7) is 14.7. The van der Waals surface area contributed by atoms with Crippen molar-refractivity contribution in [3.63, 3.8) is 0 Å². The highest BCUT2D eigenvalue weighted by Gasteiger charge is 2.16. The second-order valence-electron chi connectivity index (χ2n) is 5.01. The average molecular weight is 268 g/mol. The molecule has 0 heterocycles. The zero-order valence-electron chi connectivity index (χ0n) is 12.3. The molecule has 0 spiro atoms. The van der Waals surface area contributed by atoms with Gasteiger partial charge in [-0.3, -0.25) is 0 Å². The largest absolute Gasteiger partial charge is 0.324 e. The predicted octanol–water partition coefficient (Wildman–Crippen LogP) is 4.62. The lowest BCUT2D eigenvalue weighted by Gasteiger charge is -2.23. The predicted molar refractivity (Wildman–Crippen MR) is 83.7 cm³/mol. The van der Waals surface area contributed by atoms with E-state index in [1.54, 1.807) is 0 Å². The fourth-order valence-corrected chi connectivity index (χ4v) is 2.53. The Morgan fingerprint density at radius 2 is 1.33 bits per heavy atom. The molecule has 0 unspecified atom stereocenters. The highest BCUT2D eigenvalue weighted by atomic mass is 35.5. The molecule has 0 aliphatic carbocycles. The molecule has 0 radical (unpaired) electrons. The molecule has 1 atom stereocenters. The van der Waals surface area contributed by atoms with Crippen LogP contribution in [-0.4, -0.2) is 0 Å². The van der Waals surface area contributed by atoms with Crippen molar-refractivity contribution in [2.24, 2.45) is 5.73 Å². The number of benzene rings is 1. The van der Waals surface area contributed by atoms with Crippen molar-refractivity contribution in [1.82, 2.24) is 0 Å². The molecule has 0 saturated heterocycles. The molecule has 1 rings (SSSR count). The first kappa shape index (κ1) is 17.2. The van der Waals surface area contributed by atoms with Gasteiger partial charge in [0.05, 0.1) is 0 Å². The Bertz CT molecular complexity index is 406. The lowest BCUT2D eigenvalue weighted by Crippen LogP contribution is -2.15. The van der Waals surface area contributed by atoms with E-state index in [0.29, 0.717) is 0 Å². The average Bonchev–Trinajstić information content (AvgIpc) is 2.31. The van der Waals surface area contributed by atoms with Crippen LogP contribution in [0.1, 0.15) is 52.3 Å². The van der Waals surface area contributed by atoms with Crippen LogP contribution in [-0.2, 0) is 0 Å². The van der Waals surface area contributed by atoms with E-state index in [0.717, 1.165) is 12.8 Å². The van der Waals surface area contributed by atoms with Crippen LogP contribution in [0.5, 0.6) is 0 Å². The van der Waals surface area contributed by atoms with E-state index >= 15 is 0 Å². The lowest BCUT2D eigenvalue weighted by molar-refractivity contribution is 0.651. The van der Waals surface area contributed by atoms with E-state index < -0.39 is 0 Å². The molecule has 0 amide bonds. The van der Waals surface area contributed by atoms with Gasteiger partial charge in [0, 0.05) is 6.04 Å². The molecule has 0 fully saturated rings. The fraction of sp³-hybridized carbons (Fsp3) is 0.500. The van der Waals surface area contributed by atoms with Gasteiger partial charge in [-0.1, -0.05) is 6.08 Å². The third-order valence-corrected chi connectivity index (χ3v) is 4.11. The van der Waals surface area contributed by atoms with Crippen molar-refractivity contribution >= 4 is 12.4 Å². The first-order valence-electron chi connectivity index (χ1n) is 6.35. The molecule has 1 aromatic rings. The number of hydrogen-bond donors (Lipinski definition) is 1. The monoisotopic (exact) mass is 267 g/mol. The summed E-state index contributed by atoms with van der Waals surface area (Å²) in [5, 5.41) is 0. The molecule has 18 heavy (non-hydrogen) atoms. The van der Waals surface area contributed by atoms with Crippen molar-refractivity contribution in [1.29, 1.82) is 0 Å². The van der Waals surface area contributed by atoms with Crippen molar-refractivity contribution in [2.75, 3.05) is 0 Å². The second-order valence-corrected chi connectivity index (χ2v) is 5.01. The molecule has 102 valence electrons. The van der Waals surface area contributed by atoms with Crippen LogP contribution < -0.4 is 5.73 Å². The van der Waals surface area contributed by atoms with Gasteiger partial charge in [0.2, 0.25) is 0 Å². The number of allylic oxidation sites excluding steroid dienone is 1. The van der Waals surface area contributed by atoms with Crippen LogP contribution in [0.4, 0.5) is 0 Å². The van der Waals surface area contributed by atoms with Crippen molar-refractivity contribution in [2.45, 2.75) is 53.5 Å². The Balaban J connectivity index is 0.00000289. The summed E-state index contributed by atoms with van der Waals surface area (Å²) in [7, 11) is 0. The minimum Gasteiger partial charge on any atom is -0.324 e. The van der Waals surface area contributed by atoms with Crippen molar-refractivity contribution in [3.05, 3.63) is 46.0 Å². The van der Waals surface area contributed by atoms with Gasteiger partial charge < -0.3 is 5.73 Å². The first-order chi connectivity index (χ1) is 7.91. The minimum absolute atomic E-state index is 0. The standard InChI is InChI=1S/C16H25N.ClH/c1-7-8-9-15(17)16-13(5)11(3)10(2)12(4)14(16)6;/h7,15H,1,8-9,17H2,2-6H3;1H/t15-;/m1./s1. The minimum atomic E-state index is 0. The molecule has 0 bridgehead atoms. The summed E-state index contributed by atoms with van der Waals surface area (Å²) in [5.41, 5.74) is 14.6. The van der Waals surface area contributed by atoms with Crippen LogP contribution in [0, 0.1) is 34.6 Å². The molecule has 1 nitrogen and oxygen atoms in total. The van der Waals surface area contributed by atoms with Gasteiger partial charge in [-0.15, -0.1) is 19.0 Å². The van der Waals surface area contributed by atoms with E-state index in [-0.39, 0.29) is 18.4 Å². The molecule has 0 aliphatic rings. The van der Waals surface area contributed by atoms with Crippen LogP contribution in [0.2, 0.25) is 0 Å². The molecule has 0 saturated carbocycles. The van der Waals surface area contributed by atoms with E-state index in [4.69, 9.17) is 5.73 Å². The molecule has 2 heteroatoms. The molecule has 1 aromatic carbocycles. The number of nitrogens with two attached hydrogens (primary N) is 1. The summed E-state index contributed by atoms with van der Waals surface area (Å²) >= 11 is 0. The van der Waals surface area contributed by atoms with E-state index in [2.05, 4.69) is 41.2 Å². The van der Waals surface area contributed by atoms with Crippen LogP contribution in [0.15, 0.2) is 12.7 Å². The number of hydrogen-bond acceptors (Lipinski definition) is 1. The third-order valence-electron chi connectivity index (χ3n) is 4.11. The van der Waals surface area contributed by atoms with E-state index in [9.17, 15) is 0 Å². The Morgan fingerprint density at radius 1 is 0.944 bits per heavy atom. The van der Waals surface area contributed by atoms with Crippen molar-refractivity contribution < 1.29 is 0 Å². The molecular formula is C16H26ClN. The summed E-state index contributed by atoms with van der Waals surface area (Å²) in [4.78, 5) is 0. The molecule has 0 aliphatic heterocycles. The normalized spacial score (nSPS) is 11.9. The van der Waals surface area contributed by atoms with Crippen LogP contribution in [0.25, 0.3) is 0 Å². The van der Waals surface area contributed by atoms with Gasteiger partial charge in [0.15, 0.2) is 0 Å². The summed E-state index contributed by atoms with van der Waals surface area (Å²) < 4.78 is 0. The number of rotatable bonds is 4. The van der Waals surface area contributed by atoms with E-state index in [1.165, 1.54) is 33.4 Å². The van der Waals surface area contributed by atoms with Crippen molar-refractivity contribution in [3.8, 4) is 0 Å². The number of halogens is 1. The highest BCUT2D eigenvalue weighted by Crippen LogP contribution is 2.31. The quantitative estimate of drug-likeness (QED) is 0.792. The second kappa shape index (κ2) is 6.96. The summed E-state index contributed by atoms with van der Waals surface area (Å²) in [6.07, 6.45) is 3.90. The highest BCUT2D eigenvalue weighted by molar-refractivity contribution is 5.85. The van der Waals surface area contributed by atoms with E-state index in [1.807, 2.05) is 6.08 Å². The van der Waals surface area contributed by atoms with Crippen LogP contribution in [0.3, 0.4) is 0 Å². The maximum Gasteiger partial charge on any atom is 0.0303 e. The zero-order valence-corrected chi connectivity index (χ0v) is 13.1. The van der Waals surface area contributed by atoms with Crippen LogP contribution >= 0.6 is 12.4 Å². The molecular weight excluding hydrogens is 242 g/mol. The lowest BCUT2D eigenvalue weighted by atomic mass is 9.85. The summed E-state index contributed by atoms with van der Waals surface area (Å²) in [5.74, 6) is 0.